The Bertz CT molecular complexity index is 1020. The number of hydrogen-bond acceptors (Lipinski definition) is 5. The number of hydrogen-bond donors (Lipinski definition) is 2. The molecule has 172 valence electrons. The highest BCUT2D eigenvalue weighted by molar-refractivity contribution is 5.80. The molecule has 0 aliphatic heterocycles. The van der Waals surface area contributed by atoms with Gasteiger partial charge in [-0.3, -0.25) is 4.79 Å². The molecule has 2 unspecified atom stereocenters. The lowest BCUT2D eigenvalue weighted by Crippen LogP contribution is -2.47. The molecule has 2 bridgehead atoms. The van der Waals surface area contributed by atoms with E-state index < -0.39 is 29.4 Å². The predicted molar refractivity (Wildman–Crippen MR) is 115 cm³/mol. The van der Waals surface area contributed by atoms with Crippen molar-refractivity contribution in [3.8, 4) is 11.3 Å². The maximum Gasteiger partial charge on any atom is 0.249 e. The summed E-state index contributed by atoms with van der Waals surface area (Å²) in [5.41, 5.74) is 0.264. The van der Waals surface area contributed by atoms with E-state index in [4.69, 9.17) is 4.74 Å². The Balaban J connectivity index is 1.72. The third kappa shape index (κ3) is 3.40. The van der Waals surface area contributed by atoms with Crippen LogP contribution in [0.2, 0.25) is 0 Å². The van der Waals surface area contributed by atoms with Gasteiger partial charge in [0.15, 0.2) is 0 Å². The van der Waals surface area contributed by atoms with Gasteiger partial charge in [0.1, 0.15) is 23.3 Å². The summed E-state index contributed by atoms with van der Waals surface area (Å²) in [4.78, 5) is 12.7. The second-order valence-electron chi connectivity index (χ2n) is 9.38. The molecular weight excluding hydrogens is 416 g/mol. The van der Waals surface area contributed by atoms with E-state index in [1.165, 1.54) is 18.2 Å². The molecule has 0 spiro atoms. The molecule has 1 heterocycles. The number of ether oxygens (including phenoxy) is 1. The number of benzene rings is 1. The number of aliphatic hydroxyl groups excluding tert-OH is 1. The van der Waals surface area contributed by atoms with Gasteiger partial charge in [0.25, 0.3) is 0 Å². The summed E-state index contributed by atoms with van der Waals surface area (Å²) in [5.74, 6) is -1.59. The van der Waals surface area contributed by atoms with Crippen molar-refractivity contribution in [2.75, 3.05) is 6.54 Å². The number of carbonyl (C=O) groups excluding carboxylic acids is 1. The van der Waals surface area contributed by atoms with Gasteiger partial charge in [-0.2, -0.15) is 5.10 Å². The molecular formula is C24H29F2N3O3. The first-order valence-electron chi connectivity index (χ1n) is 11.1. The molecule has 2 aliphatic rings. The first-order chi connectivity index (χ1) is 15.1. The number of carbonyl (C=O) groups is 1. The fourth-order valence-corrected chi connectivity index (χ4v) is 5.32. The van der Waals surface area contributed by atoms with E-state index in [0.717, 1.165) is 12.0 Å². The van der Waals surface area contributed by atoms with E-state index in [1.54, 1.807) is 13.0 Å². The summed E-state index contributed by atoms with van der Waals surface area (Å²) < 4.78 is 35.2. The number of rotatable bonds is 7. The summed E-state index contributed by atoms with van der Waals surface area (Å²) in [7, 11) is 0. The number of fused-ring (bicyclic) bond motifs is 5. The second-order valence-corrected chi connectivity index (χ2v) is 9.38. The highest BCUT2D eigenvalue weighted by Gasteiger charge is 2.65. The van der Waals surface area contributed by atoms with Crippen molar-refractivity contribution in [1.82, 2.24) is 15.5 Å². The zero-order valence-electron chi connectivity index (χ0n) is 18.8. The van der Waals surface area contributed by atoms with Crippen molar-refractivity contribution in [3.63, 3.8) is 0 Å². The van der Waals surface area contributed by atoms with E-state index in [-0.39, 0.29) is 35.0 Å². The Morgan fingerprint density at radius 2 is 2.00 bits per heavy atom. The minimum absolute atomic E-state index is 0.0691. The molecule has 4 rings (SSSR count). The Morgan fingerprint density at radius 3 is 2.62 bits per heavy atom. The number of halogens is 2. The van der Waals surface area contributed by atoms with Crippen LogP contribution < -0.4 is 5.32 Å². The van der Waals surface area contributed by atoms with Crippen molar-refractivity contribution in [1.29, 1.82) is 0 Å². The highest BCUT2D eigenvalue weighted by atomic mass is 19.1. The van der Waals surface area contributed by atoms with Gasteiger partial charge in [-0.05, 0) is 55.9 Å². The minimum Gasteiger partial charge on any atom is -0.392 e. The molecule has 0 radical (unpaired) electrons. The van der Waals surface area contributed by atoms with E-state index in [9.17, 15) is 18.7 Å². The Labute approximate surface area is 186 Å². The monoisotopic (exact) mass is 445 g/mol. The summed E-state index contributed by atoms with van der Waals surface area (Å²) in [6, 6.07) is 5.43. The van der Waals surface area contributed by atoms with Crippen molar-refractivity contribution >= 4 is 5.91 Å². The third-order valence-corrected chi connectivity index (χ3v) is 7.08. The van der Waals surface area contributed by atoms with Gasteiger partial charge in [-0.1, -0.05) is 26.8 Å². The Kier molecular flexibility index (Phi) is 5.79. The van der Waals surface area contributed by atoms with Crippen LogP contribution >= 0.6 is 0 Å². The van der Waals surface area contributed by atoms with Crippen LogP contribution in [0.15, 0.2) is 24.3 Å². The molecule has 8 heteroatoms. The zero-order chi connectivity index (χ0) is 23.3. The van der Waals surface area contributed by atoms with Gasteiger partial charge in [-0.25, -0.2) is 8.78 Å². The lowest BCUT2D eigenvalue weighted by Gasteiger charge is -2.40. The lowest BCUT2D eigenvalue weighted by molar-refractivity contribution is -0.168. The van der Waals surface area contributed by atoms with Crippen molar-refractivity contribution < 1.29 is 23.4 Å². The van der Waals surface area contributed by atoms with E-state index in [1.807, 2.05) is 6.92 Å². The highest BCUT2D eigenvalue weighted by Crippen LogP contribution is 2.68. The number of amides is 1. The first-order valence-corrected chi connectivity index (χ1v) is 11.1. The molecule has 1 fully saturated rings. The second kappa shape index (κ2) is 8.15. The minimum atomic E-state index is -0.824. The van der Waals surface area contributed by atoms with Crippen LogP contribution in [0.4, 0.5) is 8.78 Å². The Hall–Kier alpha value is -2.45. The summed E-state index contributed by atoms with van der Waals surface area (Å²) >= 11 is 0. The molecule has 2 aromatic rings. The smallest absolute Gasteiger partial charge is 0.249 e. The molecule has 1 aromatic heterocycles. The molecule has 2 N–H and O–H groups in total. The predicted octanol–water partition coefficient (Wildman–Crippen LogP) is 3.83. The van der Waals surface area contributed by atoms with Gasteiger partial charge in [-0.15, -0.1) is 5.10 Å². The quantitative estimate of drug-likeness (QED) is 0.677. The third-order valence-electron chi connectivity index (χ3n) is 7.08. The Morgan fingerprint density at radius 1 is 1.31 bits per heavy atom. The van der Waals surface area contributed by atoms with Gasteiger partial charge >= 0.3 is 0 Å². The SMILES string of the molecule is CCC(O[C@@]12CC[C@@H](c3cc(-c4c(F)cccc4F)nnc31)C2(C)C)C(=O)NCC(C)O. The number of aliphatic hydroxyl groups is 1. The fraction of sp³-hybridized carbons (Fsp3) is 0.542. The van der Waals surface area contributed by atoms with Gasteiger partial charge < -0.3 is 15.2 Å². The number of nitrogens with zero attached hydrogens (tertiary/aromatic N) is 2. The molecule has 1 amide bonds. The largest absolute Gasteiger partial charge is 0.392 e. The van der Waals surface area contributed by atoms with E-state index in [0.29, 0.717) is 18.5 Å². The van der Waals surface area contributed by atoms with Crippen LogP contribution in [0.3, 0.4) is 0 Å². The van der Waals surface area contributed by atoms with Gasteiger partial charge in [0, 0.05) is 12.0 Å². The molecule has 2 aliphatic carbocycles. The molecule has 6 nitrogen and oxygen atoms in total. The average Bonchev–Trinajstić information content (AvgIpc) is 3.10. The normalized spacial score (nSPS) is 24.8. The number of nitrogens with one attached hydrogen (secondary N) is 1. The molecule has 0 saturated heterocycles. The van der Waals surface area contributed by atoms with Gasteiger partial charge in [0.2, 0.25) is 5.91 Å². The first kappa shape index (κ1) is 22.7. The molecule has 32 heavy (non-hydrogen) atoms. The molecule has 1 saturated carbocycles. The summed E-state index contributed by atoms with van der Waals surface area (Å²) in [6.45, 7) is 7.77. The average molecular weight is 446 g/mol. The van der Waals surface area contributed by atoms with Crippen LogP contribution in [0.5, 0.6) is 0 Å². The van der Waals surface area contributed by atoms with Gasteiger partial charge in [0.05, 0.1) is 23.1 Å². The standard InChI is InChI=1S/C24H29F2N3O3/c1-5-19(22(31)27-12-13(2)30)32-24-10-9-15(23(24,3)4)14-11-18(28-29-21(14)24)20-16(25)7-6-8-17(20)26/h6-8,11,13,15,19,30H,5,9-10,12H2,1-4H3,(H,27,31)/t13?,15-,19?,24-/m0/s1. The summed E-state index contributed by atoms with van der Waals surface area (Å²) in [6.07, 6.45) is 0.576. The van der Waals surface area contributed by atoms with Crippen molar-refractivity contribution in [2.24, 2.45) is 5.41 Å². The number of aromatic nitrogens is 2. The maximum absolute atomic E-state index is 14.3. The van der Waals surface area contributed by atoms with Crippen LogP contribution in [0, 0.1) is 17.0 Å². The maximum atomic E-state index is 14.3. The van der Waals surface area contributed by atoms with Crippen molar-refractivity contribution in [3.05, 3.63) is 47.2 Å². The van der Waals surface area contributed by atoms with E-state index >= 15 is 0 Å². The van der Waals surface area contributed by atoms with Crippen LogP contribution in [0.25, 0.3) is 11.3 Å². The summed E-state index contributed by atoms with van der Waals surface area (Å²) in [5, 5.41) is 20.8. The van der Waals surface area contributed by atoms with E-state index in [2.05, 4.69) is 29.4 Å². The topological polar surface area (TPSA) is 84.3 Å². The lowest BCUT2D eigenvalue weighted by atomic mass is 9.77. The van der Waals surface area contributed by atoms with Crippen molar-refractivity contribution in [2.45, 2.75) is 70.7 Å². The van der Waals surface area contributed by atoms with Crippen LogP contribution in [0.1, 0.15) is 64.1 Å². The van der Waals surface area contributed by atoms with Crippen LogP contribution in [-0.4, -0.2) is 40.0 Å². The van der Waals surface area contributed by atoms with Crippen LogP contribution in [-0.2, 0) is 15.1 Å². The zero-order valence-corrected chi connectivity index (χ0v) is 18.8. The molecule has 1 aromatic carbocycles. The molecule has 4 atom stereocenters. The fourth-order valence-electron chi connectivity index (χ4n) is 5.32.